The molecule has 0 radical (unpaired) electrons. The summed E-state index contributed by atoms with van der Waals surface area (Å²) in [5.41, 5.74) is 0.762. The Labute approximate surface area is 195 Å². The summed E-state index contributed by atoms with van der Waals surface area (Å²) in [6, 6.07) is 24.6. The summed E-state index contributed by atoms with van der Waals surface area (Å²) in [6.07, 6.45) is -5.04. The highest BCUT2D eigenvalue weighted by Gasteiger charge is 2.51. The summed E-state index contributed by atoms with van der Waals surface area (Å²) in [6.45, 7) is -0.564. The van der Waals surface area contributed by atoms with Gasteiger partial charge in [-0.15, -0.1) is 0 Å². The second-order valence-corrected chi connectivity index (χ2v) is 7.47. The Bertz CT molecular complexity index is 1120. The van der Waals surface area contributed by atoms with Gasteiger partial charge in [-0.2, -0.15) is 0 Å². The van der Waals surface area contributed by atoms with Crippen molar-refractivity contribution < 1.29 is 38.4 Å². The molecule has 4 atom stereocenters. The Morgan fingerprint density at radius 2 is 1.00 bits per heavy atom. The van der Waals surface area contributed by atoms with Crippen LogP contribution in [0.2, 0.25) is 0 Å². The minimum absolute atomic E-state index is 0.247. The van der Waals surface area contributed by atoms with Crippen molar-refractivity contribution in [1.29, 1.82) is 0 Å². The first-order valence-corrected chi connectivity index (χ1v) is 10.6. The molecule has 0 aliphatic carbocycles. The van der Waals surface area contributed by atoms with E-state index in [1.807, 2.05) is 0 Å². The first-order valence-electron chi connectivity index (χ1n) is 10.6. The Kier molecular flexibility index (Phi) is 7.31. The third-order valence-corrected chi connectivity index (χ3v) is 5.19. The highest BCUT2D eigenvalue weighted by Crippen LogP contribution is 2.30. The van der Waals surface area contributed by atoms with E-state index in [-0.39, 0.29) is 16.7 Å². The molecule has 1 N–H and O–H groups in total. The normalized spacial score (nSPS) is 21.4. The third kappa shape index (κ3) is 5.31. The van der Waals surface area contributed by atoms with Gasteiger partial charge in [-0.1, -0.05) is 54.6 Å². The van der Waals surface area contributed by atoms with Gasteiger partial charge in [0.15, 0.2) is 6.10 Å². The fraction of sp³-hybridized carbons (Fsp3) is 0.192. The number of rotatable bonds is 7. The average molecular weight is 462 g/mol. The Morgan fingerprint density at radius 1 is 0.618 bits per heavy atom. The quantitative estimate of drug-likeness (QED) is 0.422. The number of ether oxygens (including phenoxy) is 4. The summed E-state index contributed by atoms with van der Waals surface area (Å²) < 4.78 is 22.3. The molecule has 3 aromatic rings. The SMILES string of the molecule is O=C(O[C@H]1O[C@H](CO)[C@@H](OC(=O)c2ccccc2)[C@@H]1OC(=O)c1ccccc1)c1ccccc1. The molecule has 4 rings (SSSR count). The molecule has 1 saturated heterocycles. The molecule has 8 heteroatoms. The Hall–Kier alpha value is -4.01. The molecule has 0 saturated carbocycles. The van der Waals surface area contributed by atoms with Crippen molar-refractivity contribution in [3.05, 3.63) is 108 Å². The van der Waals surface area contributed by atoms with Crippen LogP contribution in [0.15, 0.2) is 91.0 Å². The maximum absolute atomic E-state index is 12.8. The molecule has 0 aromatic heterocycles. The summed E-state index contributed by atoms with van der Waals surface area (Å²) in [5.74, 6) is -2.16. The van der Waals surface area contributed by atoms with Gasteiger partial charge in [-0.3, -0.25) is 0 Å². The van der Waals surface area contributed by atoms with Crippen molar-refractivity contribution >= 4 is 17.9 Å². The molecule has 0 amide bonds. The first-order chi connectivity index (χ1) is 16.6. The van der Waals surface area contributed by atoms with Crippen LogP contribution >= 0.6 is 0 Å². The van der Waals surface area contributed by atoms with Crippen LogP contribution in [0, 0.1) is 0 Å². The van der Waals surface area contributed by atoms with E-state index in [1.165, 1.54) is 0 Å². The lowest BCUT2D eigenvalue weighted by molar-refractivity contribution is -0.141. The van der Waals surface area contributed by atoms with Gasteiger partial charge >= 0.3 is 17.9 Å². The molecule has 0 unspecified atom stereocenters. The van der Waals surface area contributed by atoms with E-state index in [1.54, 1.807) is 91.0 Å². The number of esters is 3. The Balaban J connectivity index is 1.59. The topological polar surface area (TPSA) is 108 Å². The minimum Gasteiger partial charge on any atom is -0.452 e. The number of aliphatic hydroxyl groups is 1. The third-order valence-electron chi connectivity index (χ3n) is 5.19. The van der Waals surface area contributed by atoms with Crippen LogP contribution in [0.3, 0.4) is 0 Å². The largest absolute Gasteiger partial charge is 0.452 e. The first kappa shape index (κ1) is 23.2. The second kappa shape index (κ2) is 10.7. The molecule has 1 fully saturated rings. The molecular weight excluding hydrogens is 440 g/mol. The highest BCUT2D eigenvalue weighted by molar-refractivity contribution is 5.91. The zero-order valence-electron chi connectivity index (χ0n) is 18.0. The van der Waals surface area contributed by atoms with E-state index in [0.29, 0.717) is 0 Å². The number of carbonyl (C=O) groups is 3. The van der Waals surface area contributed by atoms with Gasteiger partial charge in [0.05, 0.1) is 23.3 Å². The zero-order valence-corrected chi connectivity index (χ0v) is 18.0. The smallest absolute Gasteiger partial charge is 0.340 e. The van der Waals surface area contributed by atoms with Crippen molar-refractivity contribution in [3.63, 3.8) is 0 Å². The number of aliphatic hydroxyl groups excluding tert-OH is 1. The van der Waals surface area contributed by atoms with E-state index in [4.69, 9.17) is 18.9 Å². The number of benzene rings is 3. The van der Waals surface area contributed by atoms with Crippen molar-refractivity contribution in [1.82, 2.24) is 0 Å². The molecule has 1 aliphatic rings. The summed E-state index contributed by atoms with van der Waals surface area (Å²) in [7, 11) is 0. The van der Waals surface area contributed by atoms with Crippen molar-refractivity contribution in [2.75, 3.05) is 6.61 Å². The number of carbonyl (C=O) groups excluding carboxylic acids is 3. The average Bonchev–Trinajstić information content (AvgIpc) is 3.20. The molecule has 3 aromatic carbocycles. The van der Waals surface area contributed by atoms with E-state index in [0.717, 1.165) is 0 Å². The molecule has 0 bridgehead atoms. The van der Waals surface area contributed by atoms with Gasteiger partial charge in [-0.05, 0) is 36.4 Å². The molecule has 1 heterocycles. The molecule has 8 nitrogen and oxygen atoms in total. The molecule has 34 heavy (non-hydrogen) atoms. The standard InChI is InChI=1S/C26H22O8/c27-16-20-21(32-23(28)17-10-4-1-5-11-17)22(33-24(29)18-12-6-2-7-13-18)26(31-20)34-25(30)19-14-8-3-9-15-19/h1-15,20-22,26-27H,16H2/t20-,21-,22+,26-/m1/s1. The molecule has 0 spiro atoms. The maximum Gasteiger partial charge on any atom is 0.340 e. The van der Waals surface area contributed by atoms with Crippen LogP contribution in [0.1, 0.15) is 31.1 Å². The number of hydrogen-bond acceptors (Lipinski definition) is 8. The summed E-state index contributed by atoms with van der Waals surface area (Å²) in [5, 5.41) is 9.86. The zero-order chi connectivity index (χ0) is 23.9. The maximum atomic E-state index is 12.8. The van der Waals surface area contributed by atoms with Crippen LogP contribution in [0.4, 0.5) is 0 Å². The lowest BCUT2D eigenvalue weighted by Crippen LogP contribution is -2.42. The fourth-order valence-corrected chi connectivity index (χ4v) is 3.48. The van der Waals surface area contributed by atoms with Crippen LogP contribution < -0.4 is 0 Å². The second-order valence-electron chi connectivity index (χ2n) is 7.47. The highest BCUT2D eigenvalue weighted by atomic mass is 16.7. The molecule has 174 valence electrons. The van der Waals surface area contributed by atoms with Gasteiger partial charge in [0.2, 0.25) is 12.4 Å². The van der Waals surface area contributed by atoms with E-state index < -0.39 is 49.1 Å². The van der Waals surface area contributed by atoms with Gasteiger partial charge < -0.3 is 24.1 Å². The van der Waals surface area contributed by atoms with Gasteiger partial charge in [0.25, 0.3) is 0 Å². The van der Waals surface area contributed by atoms with Crippen molar-refractivity contribution in [2.24, 2.45) is 0 Å². The lowest BCUT2D eigenvalue weighted by atomic mass is 10.1. The minimum atomic E-state index is -1.41. The van der Waals surface area contributed by atoms with E-state index in [2.05, 4.69) is 0 Å². The predicted octanol–water partition coefficient (Wildman–Crippen LogP) is 3.01. The lowest BCUT2D eigenvalue weighted by Gasteiger charge is -2.23. The van der Waals surface area contributed by atoms with Crippen LogP contribution in [-0.4, -0.2) is 54.2 Å². The molecular formula is C26H22O8. The Morgan fingerprint density at radius 3 is 1.41 bits per heavy atom. The van der Waals surface area contributed by atoms with E-state index >= 15 is 0 Å². The summed E-state index contributed by atoms with van der Waals surface area (Å²) in [4.78, 5) is 38.1. The number of hydrogen-bond donors (Lipinski definition) is 1. The van der Waals surface area contributed by atoms with Crippen molar-refractivity contribution in [3.8, 4) is 0 Å². The monoisotopic (exact) mass is 462 g/mol. The van der Waals surface area contributed by atoms with Crippen molar-refractivity contribution in [2.45, 2.75) is 24.6 Å². The molecule has 1 aliphatic heterocycles. The van der Waals surface area contributed by atoms with Crippen LogP contribution in [0.5, 0.6) is 0 Å². The van der Waals surface area contributed by atoms with E-state index in [9.17, 15) is 19.5 Å². The van der Waals surface area contributed by atoms with Crippen LogP contribution in [0.25, 0.3) is 0 Å². The predicted molar refractivity (Wildman–Crippen MR) is 119 cm³/mol. The van der Waals surface area contributed by atoms with Gasteiger partial charge in [-0.25, -0.2) is 14.4 Å². The van der Waals surface area contributed by atoms with Gasteiger partial charge in [0.1, 0.15) is 6.10 Å². The van der Waals surface area contributed by atoms with Gasteiger partial charge in [0, 0.05) is 0 Å². The van der Waals surface area contributed by atoms with Crippen LogP contribution in [-0.2, 0) is 18.9 Å². The summed E-state index contributed by atoms with van der Waals surface area (Å²) >= 11 is 0. The fourth-order valence-electron chi connectivity index (χ4n) is 3.48.